The number of halogens is 3. The van der Waals surface area contributed by atoms with E-state index in [1.807, 2.05) is 0 Å². The monoisotopic (exact) mass is 273 g/mol. The van der Waals surface area contributed by atoms with Crippen LogP contribution in [0, 0.1) is 11.6 Å². The minimum atomic E-state index is -0.741. The Bertz CT molecular complexity index is 559. The van der Waals surface area contributed by atoms with Crippen LogP contribution >= 0.6 is 11.6 Å². The first-order valence-corrected chi connectivity index (χ1v) is 5.67. The van der Waals surface area contributed by atoms with Crippen LogP contribution in [-0.4, -0.2) is 16.7 Å². The zero-order chi connectivity index (χ0) is 13.1. The van der Waals surface area contributed by atoms with Gasteiger partial charge >= 0.3 is 0 Å². The zero-order valence-corrected chi connectivity index (χ0v) is 10.0. The van der Waals surface area contributed by atoms with Crippen LogP contribution in [0.5, 0.6) is 0 Å². The SMILES string of the molecule is NCCCc1nnc(-c2cc(F)c(Cl)cc2F)o1. The smallest absolute Gasteiger partial charge is 0.250 e. The van der Waals surface area contributed by atoms with E-state index in [4.69, 9.17) is 21.8 Å². The molecule has 0 spiro atoms. The molecule has 1 heterocycles. The minimum Gasteiger partial charge on any atom is -0.421 e. The number of rotatable bonds is 4. The Morgan fingerprint density at radius 2 is 2.00 bits per heavy atom. The zero-order valence-electron chi connectivity index (χ0n) is 9.29. The van der Waals surface area contributed by atoms with Gasteiger partial charge in [-0.15, -0.1) is 10.2 Å². The van der Waals surface area contributed by atoms with Crippen molar-refractivity contribution in [3.63, 3.8) is 0 Å². The van der Waals surface area contributed by atoms with E-state index in [0.717, 1.165) is 12.1 Å². The first-order valence-electron chi connectivity index (χ1n) is 5.29. The van der Waals surface area contributed by atoms with Crippen LogP contribution in [0.4, 0.5) is 8.78 Å². The molecule has 2 rings (SSSR count). The standard InChI is InChI=1S/C11H10ClF2N3O/c12-7-5-8(13)6(4-9(7)14)11-17-16-10(18-11)2-1-3-15/h4-5H,1-3,15H2. The van der Waals surface area contributed by atoms with Crippen molar-refractivity contribution in [3.8, 4) is 11.5 Å². The van der Waals surface area contributed by atoms with E-state index in [-0.39, 0.29) is 16.5 Å². The second-order valence-corrected chi connectivity index (χ2v) is 4.05. The molecule has 0 amide bonds. The fourth-order valence-corrected chi connectivity index (χ4v) is 1.55. The molecule has 4 nitrogen and oxygen atoms in total. The molecule has 0 atom stereocenters. The van der Waals surface area contributed by atoms with E-state index in [1.165, 1.54) is 0 Å². The molecule has 7 heteroatoms. The highest BCUT2D eigenvalue weighted by Crippen LogP contribution is 2.26. The summed E-state index contributed by atoms with van der Waals surface area (Å²) in [7, 11) is 0. The van der Waals surface area contributed by atoms with Gasteiger partial charge in [0.15, 0.2) is 0 Å². The van der Waals surface area contributed by atoms with Gasteiger partial charge in [-0.05, 0) is 25.1 Å². The highest BCUT2D eigenvalue weighted by atomic mass is 35.5. The van der Waals surface area contributed by atoms with Gasteiger partial charge in [-0.3, -0.25) is 0 Å². The van der Waals surface area contributed by atoms with Crippen LogP contribution < -0.4 is 5.73 Å². The van der Waals surface area contributed by atoms with Crippen molar-refractivity contribution >= 4 is 11.6 Å². The molecule has 0 saturated heterocycles. The largest absolute Gasteiger partial charge is 0.421 e. The van der Waals surface area contributed by atoms with Crippen LogP contribution in [0.2, 0.25) is 5.02 Å². The number of aryl methyl sites for hydroxylation is 1. The minimum absolute atomic E-state index is 0.0740. The third-order valence-corrected chi connectivity index (χ3v) is 2.59. The van der Waals surface area contributed by atoms with Crippen molar-refractivity contribution in [1.82, 2.24) is 10.2 Å². The molecule has 0 saturated carbocycles. The Morgan fingerprint density at radius 1 is 1.22 bits per heavy atom. The maximum Gasteiger partial charge on any atom is 0.250 e. The summed E-state index contributed by atoms with van der Waals surface area (Å²) in [6.45, 7) is 0.488. The Labute approximate surface area is 107 Å². The Morgan fingerprint density at radius 3 is 2.72 bits per heavy atom. The first-order chi connectivity index (χ1) is 8.61. The topological polar surface area (TPSA) is 64.9 Å². The second-order valence-electron chi connectivity index (χ2n) is 3.64. The average molecular weight is 274 g/mol. The fraction of sp³-hybridized carbons (Fsp3) is 0.273. The number of nitrogens with zero attached hydrogens (tertiary/aromatic N) is 2. The van der Waals surface area contributed by atoms with Gasteiger partial charge in [0.1, 0.15) is 11.6 Å². The fourth-order valence-electron chi connectivity index (χ4n) is 1.40. The molecule has 0 radical (unpaired) electrons. The highest BCUT2D eigenvalue weighted by Gasteiger charge is 2.16. The molecule has 96 valence electrons. The van der Waals surface area contributed by atoms with Crippen LogP contribution in [-0.2, 0) is 6.42 Å². The van der Waals surface area contributed by atoms with E-state index in [0.29, 0.717) is 25.3 Å². The molecule has 0 bridgehead atoms. The lowest BCUT2D eigenvalue weighted by Crippen LogP contribution is -2.00. The Kier molecular flexibility index (Phi) is 3.88. The van der Waals surface area contributed by atoms with Crippen molar-refractivity contribution < 1.29 is 13.2 Å². The van der Waals surface area contributed by atoms with Gasteiger partial charge in [-0.25, -0.2) is 8.78 Å². The van der Waals surface area contributed by atoms with E-state index >= 15 is 0 Å². The highest BCUT2D eigenvalue weighted by molar-refractivity contribution is 6.30. The van der Waals surface area contributed by atoms with E-state index in [1.54, 1.807) is 0 Å². The van der Waals surface area contributed by atoms with Gasteiger partial charge in [-0.2, -0.15) is 0 Å². The quantitative estimate of drug-likeness (QED) is 0.870. The summed E-state index contributed by atoms with van der Waals surface area (Å²) < 4.78 is 32.0. The summed E-state index contributed by atoms with van der Waals surface area (Å²) in [5.41, 5.74) is 5.23. The molecule has 2 N–H and O–H groups in total. The van der Waals surface area contributed by atoms with Crippen LogP contribution in [0.15, 0.2) is 16.5 Å². The average Bonchev–Trinajstić information content (AvgIpc) is 2.79. The van der Waals surface area contributed by atoms with Crippen molar-refractivity contribution in [3.05, 3.63) is 34.7 Å². The Balaban J connectivity index is 2.31. The van der Waals surface area contributed by atoms with E-state index < -0.39 is 11.6 Å². The molecule has 0 fully saturated rings. The summed E-state index contributed by atoms with van der Waals surface area (Å²) in [6, 6.07) is 1.80. The predicted molar refractivity (Wildman–Crippen MR) is 62.0 cm³/mol. The molecule has 0 aliphatic carbocycles. The van der Waals surface area contributed by atoms with E-state index in [9.17, 15) is 8.78 Å². The lowest BCUT2D eigenvalue weighted by molar-refractivity contribution is 0.494. The molecular weight excluding hydrogens is 264 g/mol. The normalized spacial score (nSPS) is 10.9. The maximum absolute atomic E-state index is 13.6. The van der Waals surface area contributed by atoms with Crippen molar-refractivity contribution in [1.29, 1.82) is 0 Å². The summed E-state index contributed by atoms with van der Waals surface area (Å²) >= 11 is 5.45. The van der Waals surface area contributed by atoms with Gasteiger partial charge in [0.25, 0.3) is 5.89 Å². The van der Waals surface area contributed by atoms with Crippen molar-refractivity contribution in [2.75, 3.05) is 6.54 Å². The molecule has 0 aliphatic rings. The molecule has 1 aromatic heterocycles. The lowest BCUT2D eigenvalue weighted by Gasteiger charge is -1.99. The predicted octanol–water partition coefficient (Wildman–Crippen LogP) is 2.56. The molecule has 0 aliphatic heterocycles. The number of benzene rings is 1. The van der Waals surface area contributed by atoms with Crippen molar-refractivity contribution in [2.24, 2.45) is 5.73 Å². The summed E-state index contributed by atoms with van der Waals surface area (Å²) in [6.07, 6.45) is 1.18. The van der Waals surface area contributed by atoms with Gasteiger partial charge < -0.3 is 10.2 Å². The Hall–Kier alpha value is -1.53. The second kappa shape index (κ2) is 5.41. The summed E-state index contributed by atoms with van der Waals surface area (Å²) in [4.78, 5) is 0. The molecule has 1 aromatic carbocycles. The third kappa shape index (κ3) is 2.65. The lowest BCUT2D eigenvalue weighted by atomic mass is 10.2. The summed E-state index contributed by atoms with van der Waals surface area (Å²) in [5.74, 6) is -1.19. The molecule has 18 heavy (non-hydrogen) atoms. The number of aromatic nitrogens is 2. The van der Waals surface area contributed by atoms with Crippen LogP contribution in [0.1, 0.15) is 12.3 Å². The number of hydrogen-bond acceptors (Lipinski definition) is 4. The first kappa shape index (κ1) is 12.9. The number of hydrogen-bond donors (Lipinski definition) is 1. The molecule has 2 aromatic rings. The molecule has 0 unspecified atom stereocenters. The van der Waals surface area contributed by atoms with Crippen LogP contribution in [0.25, 0.3) is 11.5 Å². The van der Waals surface area contributed by atoms with Gasteiger partial charge in [0.2, 0.25) is 5.89 Å². The van der Waals surface area contributed by atoms with Crippen molar-refractivity contribution in [2.45, 2.75) is 12.8 Å². The number of nitrogens with two attached hydrogens (primary N) is 1. The third-order valence-electron chi connectivity index (χ3n) is 2.30. The van der Waals surface area contributed by atoms with Crippen LogP contribution in [0.3, 0.4) is 0 Å². The van der Waals surface area contributed by atoms with E-state index in [2.05, 4.69) is 10.2 Å². The van der Waals surface area contributed by atoms with Gasteiger partial charge in [0, 0.05) is 6.42 Å². The summed E-state index contributed by atoms with van der Waals surface area (Å²) in [5, 5.41) is 7.10. The van der Waals surface area contributed by atoms with Gasteiger partial charge in [0.05, 0.1) is 10.6 Å². The molecular formula is C11H10ClF2N3O. The maximum atomic E-state index is 13.6. The van der Waals surface area contributed by atoms with Gasteiger partial charge in [-0.1, -0.05) is 11.6 Å².